The van der Waals surface area contributed by atoms with Crippen LogP contribution < -0.4 is 15.4 Å². The van der Waals surface area contributed by atoms with Crippen LogP contribution in [-0.4, -0.2) is 42.1 Å². The molecule has 0 atom stereocenters. The number of carboxylic acids is 1. The van der Waals surface area contributed by atoms with Crippen LogP contribution in [0.5, 0.6) is 5.75 Å². The lowest BCUT2D eigenvalue weighted by Gasteiger charge is -2.26. The predicted octanol–water partition coefficient (Wildman–Crippen LogP) is 4.74. The number of fused-ring (bicyclic) bond motifs is 1. The van der Waals surface area contributed by atoms with Crippen molar-refractivity contribution in [2.24, 2.45) is 5.92 Å². The molecular formula is C25H25ClN2O5S. The first-order valence-electron chi connectivity index (χ1n) is 11.1. The van der Waals surface area contributed by atoms with Gasteiger partial charge in [0, 0.05) is 28.4 Å². The van der Waals surface area contributed by atoms with Crippen LogP contribution in [0.25, 0.3) is 10.1 Å². The highest BCUT2D eigenvalue weighted by molar-refractivity contribution is 7.20. The summed E-state index contributed by atoms with van der Waals surface area (Å²) < 4.78 is 6.92. The molecule has 3 N–H and O–H groups in total. The smallest absolute Gasteiger partial charge is 0.306 e. The van der Waals surface area contributed by atoms with E-state index in [-0.39, 0.29) is 23.8 Å². The molecule has 4 rings (SSSR count). The number of rotatable bonds is 8. The summed E-state index contributed by atoms with van der Waals surface area (Å²) in [7, 11) is 0. The molecule has 1 saturated carbocycles. The molecule has 0 radical (unpaired) electrons. The summed E-state index contributed by atoms with van der Waals surface area (Å²) in [4.78, 5) is 36.4. The second-order valence-electron chi connectivity index (χ2n) is 8.26. The second-order valence-corrected chi connectivity index (χ2v) is 9.78. The Balaban J connectivity index is 1.19. The molecule has 34 heavy (non-hydrogen) atoms. The number of benzene rings is 2. The summed E-state index contributed by atoms with van der Waals surface area (Å²) in [5.74, 6) is -0.782. The van der Waals surface area contributed by atoms with Crippen molar-refractivity contribution < 1.29 is 24.2 Å². The Hall–Kier alpha value is -3.10. The van der Waals surface area contributed by atoms with E-state index in [2.05, 4.69) is 10.6 Å². The Bertz CT molecular complexity index is 1190. The van der Waals surface area contributed by atoms with E-state index in [1.165, 1.54) is 11.3 Å². The van der Waals surface area contributed by atoms with Crippen molar-refractivity contribution in [3.8, 4) is 5.75 Å². The molecule has 2 amide bonds. The lowest BCUT2D eigenvalue weighted by Crippen LogP contribution is -2.34. The van der Waals surface area contributed by atoms with Gasteiger partial charge >= 0.3 is 5.97 Å². The van der Waals surface area contributed by atoms with Gasteiger partial charge in [-0.15, -0.1) is 11.3 Å². The van der Waals surface area contributed by atoms with E-state index in [1.54, 1.807) is 36.4 Å². The molecule has 2 aromatic carbocycles. The van der Waals surface area contributed by atoms with Crippen LogP contribution in [0.15, 0.2) is 48.5 Å². The van der Waals surface area contributed by atoms with E-state index in [0.717, 1.165) is 10.1 Å². The third-order valence-electron chi connectivity index (χ3n) is 5.84. The molecule has 1 aromatic heterocycles. The highest BCUT2D eigenvalue weighted by atomic mass is 35.5. The molecular weight excluding hydrogens is 476 g/mol. The SMILES string of the molecule is O=C(NCCNC(=O)c1cc2cc(Cl)ccc2s1)c1ccc(O[C@H]2CC[C@@H](C(=O)O)CC2)cc1. The van der Waals surface area contributed by atoms with Gasteiger partial charge in [0.05, 0.1) is 16.9 Å². The Morgan fingerprint density at radius 2 is 1.62 bits per heavy atom. The molecule has 0 spiro atoms. The number of hydrogen-bond donors (Lipinski definition) is 3. The molecule has 1 fully saturated rings. The van der Waals surface area contributed by atoms with Crippen LogP contribution in [0.4, 0.5) is 0 Å². The maximum Gasteiger partial charge on any atom is 0.306 e. The number of nitrogens with one attached hydrogen (secondary N) is 2. The molecule has 0 saturated heterocycles. The average Bonchev–Trinajstić information content (AvgIpc) is 3.26. The topological polar surface area (TPSA) is 105 Å². The van der Waals surface area contributed by atoms with Gasteiger partial charge in [0.1, 0.15) is 5.75 Å². The summed E-state index contributed by atoms with van der Waals surface area (Å²) >= 11 is 7.39. The number of hydrogen-bond acceptors (Lipinski definition) is 5. The molecule has 3 aromatic rings. The number of thiophene rings is 1. The quantitative estimate of drug-likeness (QED) is 0.387. The third-order valence-corrected chi connectivity index (χ3v) is 7.19. The molecule has 1 aliphatic rings. The van der Waals surface area contributed by atoms with Gasteiger partial charge in [0.15, 0.2) is 0 Å². The van der Waals surface area contributed by atoms with E-state index < -0.39 is 5.97 Å². The lowest BCUT2D eigenvalue weighted by atomic mass is 9.87. The normalized spacial score (nSPS) is 17.8. The summed E-state index contributed by atoms with van der Waals surface area (Å²) in [6.45, 7) is 0.603. The van der Waals surface area contributed by atoms with Crippen molar-refractivity contribution in [1.29, 1.82) is 0 Å². The van der Waals surface area contributed by atoms with Gasteiger partial charge in [-0.05, 0) is 79.6 Å². The van der Waals surface area contributed by atoms with E-state index in [0.29, 0.717) is 60.0 Å². The number of carbonyl (C=O) groups excluding carboxylic acids is 2. The number of carboxylic acid groups (broad SMARTS) is 1. The van der Waals surface area contributed by atoms with Gasteiger partial charge in [-0.25, -0.2) is 0 Å². The zero-order valence-corrected chi connectivity index (χ0v) is 20.0. The van der Waals surface area contributed by atoms with Gasteiger partial charge in [-0.2, -0.15) is 0 Å². The second kappa shape index (κ2) is 10.9. The third kappa shape index (κ3) is 6.07. The van der Waals surface area contributed by atoms with Crippen molar-refractivity contribution in [2.45, 2.75) is 31.8 Å². The van der Waals surface area contributed by atoms with Crippen molar-refractivity contribution in [3.05, 3.63) is 64.0 Å². The van der Waals surface area contributed by atoms with Crippen molar-refractivity contribution in [2.75, 3.05) is 13.1 Å². The first kappa shape index (κ1) is 24.0. The standard InChI is InChI=1S/C25H25ClN2O5S/c26-18-5-10-21-17(13-18)14-22(34-21)24(30)28-12-11-27-23(29)15-1-6-19(7-2-15)33-20-8-3-16(4-9-20)25(31)32/h1-2,5-7,10,13-14,16,20H,3-4,8-9,11-12H2,(H,27,29)(H,28,30)(H,31,32)/t16-,20+. The van der Waals surface area contributed by atoms with Gasteiger partial charge < -0.3 is 20.5 Å². The van der Waals surface area contributed by atoms with E-state index >= 15 is 0 Å². The summed E-state index contributed by atoms with van der Waals surface area (Å²) in [6, 6.07) is 14.2. The van der Waals surface area contributed by atoms with Gasteiger partial charge in [0.2, 0.25) is 0 Å². The minimum atomic E-state index is -0.737. The lowest BCUT2D eigenvalue weighted by molar-refractivity contribution is -0.143. The Kier molecular flexibility index (Phi) is 7.70. The van der Waals surface area contributed by atoms with Gasteiger partial charge in [0.25, 0.3) is 11.8 Å². The zero-order chi connectivity index (χ0) is 24.1. The van der Waals surface area contributed by atoms with Crippen LogP contribution in [0.2, 0.25) is 5.02 Å². The fourth-order valence-corrected chi connectivity index (χ4v) is 5.11. The van der Waals surface area contributed by atoms with E-state index in [4.69, 9.17) is 21.4 Å². The molecule has 178 valence electrons. The molecule has 7 nitrogen and oxygen atoms in total. The molecule has 1 aliphatic carbocycles. The van der Waals surface area contributed by atoms with Crippen LogP contribution in [0.3, 0.4) is 0 Å². The van der Waals surface area contributed by atoms with Crippen molar-refractivity contribution >= 4 is 50.8 Å². The van der Waals surface area contributed by atoms with Gasteiger partial charge in [-0.1, -0.05) is 11.6 Å². The average molecular weight is 501 g/mol. The highest BCUT2D eigenvalue weighted by Gasteiger charge is 2.26. The molecule has 0 unspecified atom stereocenters. The van der Waals surface area contributed by atoms with Crippen LogP contribution in [0, 0.1) is 5.92 Å². The van der Waals surface area contributed by atoms with Crippen molar-refractivity contribution in [1.82, 2.24) is 10.6 Å². The monoisotopic (exact) mass is 500 g/mol. The Morgan fingerprint density at radius 1 is 0.941 bits per heavy atom. The Morgan fingerprint density at radius 3 is 2.29 bits per heavy atom. The molecule has 0 aliphatic heterocycles. The number of aliphatic carboxylic acids is 1. The first-order chi connectivity index (χ1) is 16.4. The first-order valence-corrected chi connectivity index (χ1v) is 12.3. The number of ether oxygens (including phenoxy) is 1. The number of amides is 2. The fraction of sp³-hybridized carbons (Fsp3) is 0.320. The summed E-state index contributed by atoms with van der Waals surface area (Å²) in [5, 5.41) is 16.2. The van der Waals surface area contributed by atoms with Crippen LogP contribution in [0.1, 0.15) is 45.7 Å². The summed E-state index contributed by atoms with van der Waals surface area (Å²) in [5.41, 5.74) is 0.495. The highest BCUT2D eigenvalue weighted by Crippen LogP contribution is 2.29. The number of carbonyl (C=O) groups is 3. The minimum absolute atomic E-state index is 0.00295. The molecule has 0 bridgehead atoms. The molecule has 1 heterocycles. The van der Waals surface area contributed by atoms with E-state index in [9.17, 15) is 14.4 Å². The maximum atomic E-state index is 12.4. The maximum absolute atomic E-state index is 12.4. The van der Waals surface area contributed by atoms with Crippen molar-refractivity contribution in [3.63, 3.8) is 0 Å². The Labute approximate surface area is 206 Å². The minimum Gasteiger partial charge on any atom is -0.490 e. The largest absolute Gasteiger partial charge is 0.490 e. The predicted molar refractivity (Wildman–Crippen MR) is 132 cm³/mol. The molecule has 9 heteroatoms. The van der Waals surface area contributed by atoms with Crippen LogP contribution in [-0.2, 0) is 4.79 Å². The fourth-order valence-electron chi connectivity index (χ4n) is 3.97. The van der Waals surface area contributed by atoms with E-state index in [1.807, 2.05) is 12.1 Å². The zero-order valence-electron chi connectivity index (χ0n) is 18.4. The summed E-state index contributed by atoms with van der Waals surface area (Å²) in [6.07, 6.45) is 2.65. The van der Waals surface area contributed by atoms with Gasteiger partial charge in [-0.3, -0.25) is 14.4 Å². The van der Waals surface area contributed by atoms with Crippen LogP contribution >= 0.6 is 22.9 Å². The number of halogens is 1.